The summed E-state index contributed by atoms with van der Waals surface area (Å²) in [4.78, 5) is 4.13. The van der Waals surface area contributed by atoms with Crippen molar-refractivity contribution in [1.29, 1.82) is 0 Å². The predicted molar refractivity (Wildman–Crippen MR) is 57.4 cm³/mol. The summed E-state index contributed by atoms with van der Waals surface area (Å²) in [5, 5.41) is 9.49. The van der Waals surface area contributed by atoms with Crippen molar-refractivity contribution >= 4 is 10.9 Å². The molecule has 0 aliphatic rings. The minimum Gasteiger partial charge on any atom is -0.392 e. The smallest absolute Gasteiger partial charge is 0.392 e. The Morgan fingerprint density at radius 3 is 2.53 bits per heavy atom. The first-order valence-electron chi connectivity index (χ1n) is 5.00. The molecule has 0 unspecified atom stereocenters. The van der Waals surface area contributed by atoms with Crippen LogP contribution in [0.2, 0.25) is 0 Å². The van der Waals surface area contributed by atoms with Gasteiger partial charge in [0.25, 0.3) is 0 Å². The maximum absolute atomic E-state index is 12.5. The van der Waals surface area contributed by atoms with Gasteiger partial charge in [-0.3, -0.25) is 4.98 Å². The van der Waals surface area contributed by atoms with Crippen molar-refractivity contribution in [3.8, 4) is 0 Å². The van der Waals surface area contributed by atoms with Crippen LogP contribution in [0.1, 0.15) is 16.8 Å². The van der Waals surface area contributed by atoms with E-state index < -0.39 is 11.7 Å². The maximum atomic E-state index is 12.5. The SMILES string of the molecule is Cc1cc(CO)c2cc(C(F)(F)F)ccc2n1. The van der Waals surface area contributed by atoms with Gasteiger partial charge < -0.3 is 5.11 Å². The first kappa shape index (κ1) is 11.9. The molecule has 0 aliphatic heterocycles. The number of rotatable bonds is 1. The number of nitrogens with zero attached hydrogens (tertiary/aromatic N) is 1. The van der Waals surface area contributed by atoms with Gasteiger partial charge in [0.05, 0.1) is 17.7 Å². The third kappa shape index (κ3) is 2.24. The van der Waals surface area contributed by atoms with E-state index in [1.165, 1.54) is 6.07 Å². The van der Waals surface area contributed by atoms with Gasteiger partial charge in [-0.15, -0.1) is 0 Å². The second kappa shape index (κ2) is 4.00. The highest BCUT2D eigenvalue weighted by Crippen LogP contribution is 2.32. The molecule has 2 nitrogen and oxygen atoms in total. The molecule has 1 aromatic carbocycles. The number of aromatic nitrogens is 1. The van der Waals surface area contributed by atoms with Crippen LogP contribution < -0.4 is 0 Å². The van der Waals surface area contributed by atoms with Gasteiger partial charge in [0.1, 0.15) is 0 Å². The highest BCUT2D eigenvalue weighted by atomic mass is 19.4. The average molecular weight is 241 g/mol. The summed E-state index contributed by atoms with van der Waals surface area (Å²) in [5.74, 6) is 0. The van der Waals surface area contributed by atoms with E-state index in [0.29, 0.717) is 22.2 Å². The molecule has 2 aromatic rings. The highest BCUT2D eigenvalue weighted by Gasteiger charge is 2.30. The van der Waals surface area contributed by atoms with E-state index in [4.69, 9.17) is 5.11 Å². The number of aliphatic hydroxyl groups excluding tert-OH is 1. The fraction of sp³-hybridized carbons (Fsp3) is 0.250. The average Bonchev–Trinajstić information content (AvgIpc) is 2.25. The van der Waals surface area contributed by atoms with Crippen molar-refractivity contribution in [2.75, 3.05) is 0 Å². The van der Waals surface area contributed by atoms with Crippen LogP contribution in [0, 0.1) is 6.92 Å². The molecule has 1 heterocycles. The molecule has 0 bridgehead atoms. The predicted octanol–water partition coefficient (Wildman–Crippen LogP) is 3.05. The summed E-state index contributed by atoms with van der Waals surface area (Å²) in [5.41, 5.74) is 0.854. The summed E-state index contributed by atoms with van der Waals surface area (Å²) in [6.45, 7) is 1.43. The van der Waals surface area contributed by atoms with Gasteiger partial charge in [-0.2, -0.15) is 13.2 Å². The minimum atomic E-state index is -4.38. The highest BCUT2D eigenvalue weighted by molar-refractivity contribution is 5.83. The Labute approximate surface area is 95.7 Å². The van der Waals surface area contributed by atoms with Gasteiger partial charge in [0.15, 0.2) is 0 Å². The molecule has 0 aliphatic carbocycles. The number of fused-ring (bicyclic) bond motifs is 1. The molecule has 2 rings (SSSR count). The number of hydrogen-bond donors (Lipinski definition) is 1. The van der Waals surface area contributed by atoms with Crippen molar-refractivity contribution in [3.63, 3.8) is 0 Å². The molecule has 0 amide bonds. The van der Waals surface area contributed by atoms with E-state index in [1.54, 1.807) is 13.0 Å². The molecule has 17 heavy (non-hydrogen) atoms. The van der Waals surface area contributed by atoms with Crippen molar-refractivity contribution < 1.29 is 18.3 Å². The normalized spacial score (nSPS) is 12.1. The summed E-state index contributed by atoms with van der Waals surface area (Å²) in [6.07, 6.45) is -4.38. The second-order valence-corrected chi connectivity index (χ2v) is 3.81. The molecular weight excluding hydrogens is 231 g/mol. The molecule has 0 radical (unpaired) electrons. The van der Waals surface area contributed by atoms with Gasteiger partial charge in [-0.05, 0) is 36.8 Å². The van der Waals surface area contributed by atoms with Crippen LogP contribution in [0.4, 0.5) is 13.2 Å². The molecule has 0 fully saturated rings. The lowest BCUT2D eigenvalue weighted by molar-refractivity contribution is -0.137. The Kier molecular flexibility index (Phi) is 2.79. The van der Waals surface area contributed by atoms with Crippen molar-refractivity contribution in [2.24, 2.45) is 0 Å². The largest absolute Gasteiger partial charge is 0.416 e. The Morgan fingerprint density at radius 2 is 1.94 bits per heavy atom. The maximum Gasteiger partial charge on any atom is 0.416 e. The molecule has 1 N–H and O–H groups in total. The number of hydrogen-bond acceptors (Lipinski definition) is 2. The second-order valence-electron chi connectivity index (χ2n) is 3.81. The Morgan fingerprint density at radius 1 is 1.24 bits per heavy atom. The molecule has 90 valence electrons. The Balaban J connectivity index is 2.72. The number of aryl methyl sites for hydroxylation is 1. The number of benzene rings is 1. The van der Waals surface area contributed by atoms with Crippen molar-refractivity contribution in [3.05, 3.63) is 41.1 Å². The lowest BCUT2D eigenvalue weighted by Gasteiger charge is -2.10. The first-order valence-corrected chi connectivity index (χ1v) is 5.00. The lowest BCUT2D eigenvalue weighted by Crippen LogP contribution is -2.05. The van der Waals surface area contributed by atoms with Crippen LogP contribution in [0.5, 0.6) is 0 Å². The molecule has 0 saturated heterocycles. The summed E-state index contributed by atoms with van der Waals surface area (Å²) in [7, 11) is 0. The lowest BCUT2D eigenvalue weighted by atomic mass is 10.1. The van der Waals surface area contributed by atoms with Crippen LogP contribution in [-0.4, -0.2) is 10.1 Å². The van der Waals surface area contributed by atoms with Crippen molar-refractivity contribution in [2.45, 2.75) is 19.7 Å². The zero-order valence-corrected chi connectivity index (χ0v) is 9.04. The van der Waals surface area contributed by atoms with Gasteiger partial charge in [-0.1, -0.05) is 0 Å². The summed E-state index contributed by atoms with van der Waals surface area (Å²) < 4.78 is 37.6. The van der Waals surface area contributed by atoms with Crippen LogP contribution in [0.15, 0.2) is 24.3 Å². The molecule has 0 atom stereocenters. The van der Waals surface area contributed by atoms with E-state index in [2.05, 4.69) is 4.98 Å². The third-order valence-electron chi connectivity index (χ3n) is 2.52. The molecular formula is C12H10F3NO. The molecule has 1 aromatic heterocycles. The standard InChI is InChI=1S/C12H10F3NO/c1-7-4-8(6-17)10-5-9(12(13,14)15)2-3-11(10)16-7/h2-5,17H,6H2,1H3. The van der Waals surface area contributed by atoms with Crippen LogP contribution >= 0.6 is 0 Å². The molecule has 0 saturated carbocycles. The number of alkyl halides is 3. The van der Waals surface area contributed by atoms with E-state index in [-0.39, 0.29) is 6.61 Å². The molecule has 5 heteroatoms. The fourth-order valence-electron chi connectivity index (χ4n) is 1.75. The zero-order valence-electron chi connectivity index (χ0n) is 9.04. The van der Waals surface area contributed by atoms with Crippen molar-refractivity contribution in [1.82, 2.24) is 4.98 Å². The summed E-state index contributed by atoms with van der Waals surface area (Å²) in [6, 6.07) is 4.93. The Bertz CT molecular complexity index is 563. The Hall–Kier alpha value is -1.62. The monoisotopic (exact) mass is 241 g/mol. The van der Waals surface area contributed by atoms with E-state index in [9.17, 15) is 13.2 Å². The van der Waals surface area contributed by atoms with E-state index in [0.717, 1.165) is 12.1 Å². The van der Waals surface area contributed by atoms with Crippen LogP contribution in [0.25, 0.3) is 10.9 Å². The van der Waals surface area contributed by atoms with E-state index >= 15 is 0 Å². The van der Waals surface area contributed by atoms with Gasteiger partial charge in [-0.25, -0.2) is 0 Å². The first-order chi connectivity index (χ1) is 7.91. The quantitative estimate of drug-likeness (QED) is 0.832. The number of halogens is 3. The minimum absolute atomic E-state index is 0.304. The molecule has 0 spiro atoms. The zero-order chi connectivity index (χ0) is 12.6. The van der Waals surface area contributed by atoms with Gasteiger partial charge in [0, 0.05) is 11.1 Å². The van der Waals surface area contributed by atoms with Gasteiger partial charge in [0.2, 0.25) is 0 Å². The van der Waals surface area contributed by atoms with Crippen LogP contribution in [0.3, 0.4) is 0 Å². The summed E-state index contributed by atoms with van der Waals surface area (Å²) >= 11 is 0. The fourth-order valence-corrected chi connectivity index (χ4v) is 1.75. The topological polar surface area (TPSA) is 33.1 Å². The number of pyridine rings is 1. The third-order valence-corrected chi connectivity index (χ3v) is 2.52. The van der Waals surface area contributed by atoms with Crippen LogP contribution in [-0.2, 0) is 12.8 Å². The van der Waals surface area contributed by atoms with E-state index in [1.807, 2.05) is 0 Å². The van der Waals surface area contributed by atoms with Gasteiger partial charge >= 0.3 is 6.18 Å². The number of aliphatic hydroxyl groups is 1.